The third-order valence-corrected chi connectivity index (χ3v) is 12.3. The van der Waals surface area contributed by atoms with E-state index in [1.54, 1.807) is 22.7 Å². The van der Waals surface area contributed by atoms with Gasteiger partial charge in [-0.1, -0.05) is 84.9 Å². The van der Waals surface area contributed by atoms with Crippen LogP contribution in [0.25, 0.3) is 42.1 Å². The van der Waals surface area contributed by atoms with Crippen molar-refractivity contribution in [3.05, 3.63) is 132 Å². The molecule has 5 aromatic carbocycles. The van der Waals surface area contributed by atoms with Crippen molar-refractivity contribution in [1.29, 1.82) is 0 Å². The minimum absolute atomic E-state index is 0.0861. The van der Waals surface area contributed by atoms with E-state index in [9.17, 15) is 0 Å². The van der Waals surface area contributed by atoms with Gasteiger partial charge in [0, 0.05) is 53.1 Å². The Bertz CT molecular complexity index is 2580. The van der Waals surface area contributed by atoms with E-state index in [0.717, 1.165) is 45.1 Å². The third-order valence-electron chi connectivity index (χ3n) is 10.4. The molecule has 238 valence electrons. The van der Waals surface area contributed by atoms with Gasteiger partial charge in [-0.2, -0.15) is 0 Å². The van der Waals surface area contributed by atoms with Crippen molar-refractivity contribution < 1.29 is 8.83 Å². The van der Waals surface area contributed by atoms with Crippen molar-refractivity contribution in [3.8, 4) is 0 Å². The third kappa shape index (κ3) is 3.80. The highest BCUT2D eigenvalue weighted by Crippen LogP contribution is 2.52. The number of benzene rings is 5. The molecule has 4 aromatic heterocycles. The van der Waals surface area contributed by atoms with E-state index in [0.29, 0.717) is 0 Å². The molecule has 0 N–H and O–H groups in total. The number of hydrogen-bond donors (Lipinski definition) is 0. The lowest BCUT2D eigenvalue weighted by Gasteiger charge is -2.29. The maximum atomic E-state index is 6.55. The van der Waals surface area contributed by atoms with Gasteiger partial charge in [0.25, 0.3) is 0 Å². The van der Waals surface area contributed by atoms with Crippen LogP contribution >= 0.6 is 22.7 Å². The Hall–Kier alpha value is -5.57. The maximum Gasteiger partial charge on any atom is 0.418 e. The number of hydrogen-bond acceptors (Lipinski definition) is 8. The summed E-state index contributed by atoms with van der Waals surface area (Å²) in [6, 6.07) is 43.3. The predicted molar refractivity (Wildman–Crippen MR) is 214 cm³/mol. The fourth-order valence-corrected chi connectivity index (χ4v) is 10.1. The number of para-hydroxylation sites is 2. The zero-order valence-corrected chi connectivity index (χ0v) is 28.9. The highest BCUT2D eigenvalue weighted by Gasteiger charge is 2.48. The molecule has 0 spiro atoms. The highest BCUT2D eigenvalue weighted by atomic mass is 32.1. The Morgan fingerprint density at radius 3 is 1.28 bits per heavy atom. The normalized spacial score (nSPS) is 14.4. The summed E-state index contributed by atoms with van der Waals surface area (Å²) in [5, 5.41) is 9.32. The van der Waals surface area contributed by atoms with Crippen LogP contribution in [0.15, 0.2) is 141 Å². The van der Waals surface area contributed by atoms with Gasteiger partial charge >= 0.3 is 14.0 Å². The van der Waals surface area contributed by atoms with Gasteiger partial charge in [-0.3, -0.25) is 0 Å². The van der Waals surface area contributed by atoms with Crippen LogP contribution in [0.5, 0.6) is 0 Å². The van der Waals surface area contributed by atoms with Gasteiger partial charge in [0.15, 0.2) is 0 Å². The number of furan rings is 2. The molecule has 0 unspecified atom stereocenters. The summed E-state index contributed by atoms with van der Waals surface area (Å²) >= 11 is 3.57. The standard InChI is InChI=1S/C40H28B2N4O2S2/c1-43-39-37(29-13-3-7-15-33(29)47-39)45(31-23-49-35-17-9-5-11-27(31)35)41(43)25-19-21-26(22-20-25)42-44(2)40-38(30-14-4-8-16-34(30)48-40)46(42)32-24-50-36-18-10-6-12-28(32)36/h3-24H,1-2H3. The van der Waals surface area contributed by atoms with Gasteiger partial charge in [0.05, 0.1) is 0 Å². The first kappa shape index (κ1) is 28.3. The first-order chi connectivity index (χ1) is 24.7. The van der Waals surface area contributed by atoms with Crippen LogP contribution in [-0.4, -0.2) is 28.1 Å². The summed E-state index contributed by atoms with van der Waals surface area (Å²) in [5.41, 5.74) is 8.80. The quantitative estimate of drug-likeness (QED) is 0.172. The lowest BCUT2D eigenvalue weighted by molar-refractivity contribution is 0.623. The van der Waals surface area contributed by atoms with E-state index in [1.807, 2.05) is 12.1 Å². The minimum atomic E-state index is -0.0861. The summed E-state index contributed by atoms with van der Waals surface area (Å²) in [6.45, 7) is -0.172. The molecule has 50 heavy (non-hydrogen) atoms. The Labute approximate surface area is 297 Å². The average Bonchev–Trinajstić information content (AvgIpc) is 4.00. The fourth-order valence-electron chi connectivity index (χ4n) is 8.19. The van der Waals surface area contributed by atoms with Crippen molar-refractivity contribution in [2.24, 2.45) is 0 Å². The van der Waals surface area contributed by atoms with E-state index in [2.05, 4.69) is 153 Å². The molecular formula is C40H28B2N4O2S2. The topological polar surface area (TPSA) is 39.2 Å². The first-order valence-corrected chi connectivity index (χ1v) is 18.5. The van der Waals surface area contributed by atoms with E-state index < -0.39 is 0 Å². The molecule has 10 heteroatoms. The molecule has 0 atom stereocenters. The average molecular weight is 682 g/mol. The van der Waals surface area contributed by atoms with Crippen LogP contribution in [0, 0.1) is 0 Å². The largest absolute Gasteiger partial charge is 0.439 e. The van der Waals surface area contributed by atoms with Gasteiger partial charge in [-0.05, 0) is 61.4 Å². The van der Waals surface area contributed by atoms with Crippen molar-refractivity contribution in [2.45, 2.75) is 0 Å². The molecule has 0 radical (unpaired) electrons. The van der Waals surface area contributed by atoms with E-state index in [-0.39, 0.29) is 14.0 Å². The second-order valence-electron chi connectivity index (χ2n) is 13.1. The predicted octanol–water partition coefficient (Wildman–Crippen LogP) is 9.57. The molecule has 0 fully saturated rings. The van der Waals surface area contributed by atoms with Crippen LogP contribution in [0.4, 0.5) is 34.5 Å². The van der Waals surface area contributed by atoms with Crippen LogP contribution in [0.1, 0.15) is 0 Å². The molecule has 0 aliphatic carbocycles. The number of rotatable bonds is 4. The SMILES string of the molecule is CN1B(c2ccc(B3N(C)c4oc5ccccc5c4N3c3csc4ccccc34)cc2)N(c2csc3ccccc23)c2c1oc1ccccc21. The molecular weight excluding hydrogens is 654 g/mol. The van der Waals surface area contributed by atoms with E-state index >= 15 is 0 Å². The van der Waals surface area contributed by atoms with Gasteiger partial charge < -0.3 is 28.1 Å². The Morgan fingerprint density at radius 1 is 0.460 bits per heavy atom. The second-order valence-corrected chi connectivity index (χ2v) is 14.9. The van der Waals surface area contributed by atoms with Gasteiger partial charge in [0.1, 0.15) is 22.5 Å². The molecule has 0 saturated heterocycles. The smallest absolute Gasteiger partial charge is 0.418 e. The minimum Gasteiger partial charge on any atom is -0.439 e. The molecule has 2 aliphatic heterocycles. The number of fused-ring (bicyclic) bond motifs is 8. The first-order valence-electron chi connectivity index (χ1n) is 16.8. The Balaban J connectivity index is 1.05. The number of anilines is 6. The molecule has 0 bridgehead atoms. The zero-order valence-electron chi connectivity index (χ0n) is 27.3. The Kier molecular flexibility index (Phi) is 5.92. The lowest BCUT2D eigenvalue weighted by atomic mass is 9.61. The summed E-state index contributed by atoms with van der Waals surface area (Å²) in [4.78, 5) is 9.51. The van der Waals surface area contributed by atoms with E-state index in [1.165, 1.54) is 42.5 Å². The maximum absolute atomic E-state index is 6.55. The molecule has 0 saturated carbocycles. The highest BCUT2D eigenvalue weighted by molar-refractivity contribution is 7.18. The van der Waals surface area contributed by atoms with Crippen molar-refractivity contribution in [2.75, 3.05) is 33.3 Å². The summed E-state index contributed by atoms with van der Waals surface area (Å²) in [5.74, 6) is 1.77. The van der Waals surface area contributed by atoms with Crippen LogP contribution in [0.2, 0.25) is 0 Å². The molecule has 9 aromatic rings. The summed E-state index contributed by atoms with van der Waals surface area (Å²) < 4.78 is 15.6. The zero-order chi connectivity index (χ0) is 33.1. The van der Waals surface area contributed by atoms with Crippen LogP contribution < -0.4 is 30.2 Å². The molecule has 11 rings (SSSR count). The number of nitrogens with zero attached hydrogens (tertiary/aromatic N) is 4. The molecule has 6 heterocycles. The Morgan fingerprint density at radius 2 is 0.840 bits per heavy atom. The van der Waals surface area contributed by atoms with Gasteiger partial charge in [0.2, 0.25) is 11.8 Å². The summed E-state index contributed by atoms with van der Waals surface area (Å²) in [7, 11) is 4.29. The van der Waals surface area contributed by atoms with Crippen molar-refractivity contribution >= 4 is 124 Å². The van der Waals surface area contributed by atoms with Crippen molar-refractivity contribution in [3.63, 3.8) is 0 Å². The van der Waals surface area contributed by atoms with Crippen LogP contribution in [0.3, 0.4) is 0 Å². The molecule has 2 aliphatic rings. The number of thiophene rings is 2. The van der Waals surface area contributed by atoms with Crippen LogP contribution in [-0.2, 0) is 0 Å². The van der Waals surface area contributed by atoms with E-state index in [4.69, 9.17) is 8.83 Å². The molecule has 6 nitrogen and oxygen atoms in total. The van der Waals surface area contributed by atoms with Gasteiger partial charge in [-0.15, -0.1) is 22.7 Å². The monoisotopic (exact) mass is 682 g/mol. The lowest BCUT2D eigenvalue weighted by Crippen LogP contribution is -2.56. The summed E-state index contributed by atoms with van der Waals surface area (Å²) in [6.07, 6.45) is 0. The van der Waals surface area contributed by atoms with Crippen molar-refractivity contribution in [1.82, 2.24) is 0 Å². The van der Waals surface area contributed by atoms with Gasteiger partial charge in [-0.25, -0.2) is 0 Å². The molecule has 0 amide bonds. The fraction of sp³-hybridized carbons (Fsp3) is 0.0500. The second kappa shape index (κ2) is 10.5.